The quantitative estimate of drug-likeness (QED) is 0.316. The standard InChI is InChI=1S/C29H19N5/c1-3-9-20(10-4-1)27-32-28(21-11-5-2-6-12-21)34-29(33-27)23-17-15-22(16-18-23)26-30-19-24-13-7-8-14-25(24)31-26/h1-19H. The lowest BCUT2D eigenvalue weighted by molar-refractivity contribution is 1.07. The summed E-state index contributed by atoms with van der Waals surface area (Å²) in [4.78, 5) is 23.6. The van der Waals surface area contributed by atoms with Gasteiger partial charge in [0, 0.05) is 33.8 Å². The highest BCUT2D eigenvalue weighted by Crippen LogP contribution is 2.26. The molecule has 5 heteroatoms. The van der Waals surface area contributed by atoms with Gasteiger partial charge >= 0.3 is 0 Å². The van der Waals surface area contributed by atoms with Crippen LogP contribution in [0, 0.1) is 0 Å². The van der Waals surface area contributed by atoms with Crippen molar-refractivity contribution in [1.29, 1.82) is 0 Å². The lowest BCUT2D eigenvalue weighted by Gasteiger charge is -2.09. The second-order valence-electron chi connectivity index (χ2n) is 7.87. The van der Waals surface area contributed by atoms with Crippen molar-refractivity contribution in [3.05, 3.63) is 115 Å². The van der Waals surface area contributed by atoms with Gasteiger partial charge in [-0.15, -0.1) is 0 Å². The van der Waals surface area contributed by atoms with E-state index in [9.17, 15) is 0 Å². The fraction of sp³-hybridized carbons (Fsp3) is 0. The molecule has 0 unspecified atom stereocenters. The minimum atomic E-state index is 0.624. The summed E-state index contributed by atoms with van der Waals surface area (Å²) in [6.07, 6.45) is 1.86. The van der Waals surface area contributed by atoms with E-state index < -0.39 is 0 Å². The molecule has 0 radical (unpaired) electrons. The molecule has 0 atom stereocenters. The van der Waals surface area contributed by atoms with E-state index in [0.29, 0.717) is 23.3 Å². The maximum atomic E-state index is 4.79. The van der Waals surface area contributed by atoms with Gasteiger partial charge in [-0.25, -0.2) is 24.9 Å². The molecule has 5 nitrogen and oxygen atoms in total. The number of para-hydroxylation sites is 1. The number of fused-ring (bicyclic) bond motifs is 1. The Labute approximate surface area is 196 Å². The minimum absolute atomic E-state index is 0.624. The van der Waals surface area contributed by atoms with Crippen LogP contribution in [0.5, 0.6) is 0 Å². The lowest BCUT2D eigenvalue weighted by Crippen LogP contribution is -2.00. The largest absolute Gasteiger partial charge is 0.236 e. The molecule has 6 rings (SSSR count). The average molecular weight is 438 g/mol. The van der Waals surface area contributed by atoms with Crippen molar-refractivity contribution in [2.75, 3.05) is 0 Å². The molecule has 0 amide bonds. The average Bonchev–Trinajstić information content (AvgIpc) is 2.93. The molecular weight excluding hydrogens is 418 g/mol. The summed E-state index contributed by atoms with van der Waals surface area (Å²) >= 11 is 0. The van der Waals surface area contributed by atoms with Crippen molar-refractivity contribution in [3.63, 3.8) is 0 Å². The van der Waals surface area contributed by atoms with E-state index in [0.717, 1.165) is 33.2 Å². The predicted molar refractivity (Wildman–Crippen MR) is 135 cm³/mol. The Bertz CT molecular complexity index is 1520. The smallest absolute Gasteiger partial charge is 0.164 e. The van der Waals surface area contributed by atoms with Crippen LogP contribution in [0.2, 0.25) is 0 Å². The molecule has 6 aromatic rings. The highest BCUT2D eigenvalue weighted by atomic mass is 15.0. The normalized spacial score (nSPS) is 10.9. The van der Waals surface area contributed by atoms with Crippen molar-refractivity contribution < 1.29 is 0 Å². The zero-order chi connectivity index (χ0) is 22.7. The van der Waals surface area contributed by atoms with Gasteiger partial charge in [-0.3, -0.25) is 0 Å². The van der Waals surface area contributed by atoms with E-state index in [2.05, 4.69) is 4.98 Å². The van der Waals surface area contributed by atoms with Gasteiger partial charge in [0.05, 0.1) is 5.52 Å². The molecule has 0 bridgehead atoms. The highest BCUT2D eigenvalue weighted by molar-refractivity contribution is 5.79. The molecule has 0 saturated carbocycles. The van der Waals surface area contributed by atoms with E-state index >= 15 is 0 Å². The number of hydrogen-bond donors (Lipinski definition) is 0. The first kappa shape index (κ1) is 19.9. The summed E-state index contributed by atoms with van der Waals surface area (Å²) in [6, 6.07) is 35.9. The molecule has 34 heavy (non-hydrogen) atoms. The number of nitrogens with zero attached hydrogens (tertiary/aromatic N) is 5. The SMILES string of the molecule is c1ccc(-c2nc(-c3ccccc3)nc(-c3ccc(-c4ncc5ccccc5n4)cc3)n2)cc1. The predicted octanol–water partition coefficient (Wildman–Crippen LogP) is 6.48. The Hall–Kier alpha value is -4.77. The summed E-state index contributed by atoms with van der Waals surface area (Å²) in [5, 5.41) is 1.02. The Morgan fingerprint density at radius 2 is 0.794 bits per heavy atom. The number of hydrogen-bond acceptors (Lipinski definition) is 5. The number of rotatable bonds is 4. The second-order valence-corrected chi connectivity index (χ2v) is 7.87. The van der Waals surface area contributed by atoms with Crippen LogP contribution < -0.4 is 0 Å². The fourth-order valence-electron chi connectivity index (χ4n) is 3.82. The Kier molecular flexibility index (Phi) is 5.05. The number of benzene rings is 4. The Morgan fingerprint density at radius 3 is 1.35 bits per heavy atom. The van der Waals surface area contributed by atoms with E-state index in [1.807, 2.05) is 115 Å². The fourth-order valence-corrected chi connectivity index (χ4v) is 3.82. The summed E-state index contributed by atoms with van der Waals surface area (Å²) < 4.78 is 0. The highest BCUT2D eigenvalue weighted by Gasteiger charge is 2.12. The monoisotopic (exact) mass is 437 g/mol. The molecule has 0 aliphatic heterocycles. The molecule has 0 spiro atoms. The molecular formula is C29H19N5. The molecule has 4 aromatic carbocycles. The summed E-state index contributed by atoms with van der Waals surface area (Å²) in [7, 11) is 0. The Balaban J connectivity index is 1.42. The summed E-state index contributed by atoms with van der Waals surface area (Å²) in [5.41, 5.74) is 4.67. The lowest BCUT2D eigenvalue weighted by atomic mass is 10.1. The van der Waals surface area contributed by atoms with Crippen molar-refractivity contribution in [2.24, 2.45) is 0 Å². The second kappa shape index (κ2) is 8.64. The van der Waals surface area contributed by atoms with E-state index in [4.69, 9.17) is 19.9 Å². The number of aromatic nitrogens is 5. The van der Waals surface area contributed by atoms with Crippen molar-refractivity contribution in [3.8, 4) is 45.6 Å². The van der Waals surface area contributed by atoms with Gasteiger partial charge in [0.15, 0.2) is 23.3 Å². The van der Waals surface area contributed by atoms with Crippen LogP contribution in [-0.4, -0.2) is 24.9 Å². The van der Waals surface area contributed by atoms with Crippen molar-refractivity contribution in [1.82, 2.24) is 24.9 Å². The van der Waals surface area contributed by atoms with E-state index in [1.54, 1.807) is 0 Å². The third kappa shape index (κ3) is 3.91. The van der Waals surface area contributed by atoms with Crippen molar-refractivity contribution >= 4 is 10.9 Å². The topological polar surface area (TPSA) is 64.5 Å². The van der Waals surface area contributed by atoms with Gasteiger partial charge in [-0.2, -0.15) is 0 Å². The van der Waals surface area contributed by atoms with Gasteiger partial charge < -0.3 is 0 Å². The van der Waals surface area contributed by atoms with E-state index in [1.165, 1.54) is 0 Å². The van der Waals surface area contributed by atoms with Gasteiger partial charge in [0.25, 0.3) is 0 Å². The molecule has 0 aliphatic rings. The minimum Gasteiger partial charge on any atom is -0.236 e. The molecule has 2 aromatic heterocycles. The first-order valence-electron chi connectivity index (χ1n) is 11.0. The molecule has 0 fully saturated rings. The first-order valence-corrected chi connectivity index (χ1v) is 11.0. The summed E-state index contributed by atoms with van der Waals surface area (Å²) in [5.74, 6) is 2.60. The van der Waals surface area contributed by atoms with Crippen LogP contribution in [0.4, 0.5) is 0 Å². The molecule has 2 heterocycles. The van der Waals surface area contributed by atoms with Crippen LogP contribution >= 0.6 is 0 Å². The van der Waals surface area contributed by atoms with Crippen LogP contribution in [0.3, 0.4) is 0 Å². The van der Waals surface area contributed by atoms with Crippen LogP contribution in [-0.2, 0) is 0 Å². The van der Waals surface area contributed by atoms with Crippen LogP contribution in [0.25, 0.3) is 56.5 Å². The third-order valence-corrected chi connectivity index (χ3v) is 5.59. The van der Waals surface area contributed by atoms with Crippen LogP contribution in [0.15, 0.2) is 115 Å². The third-order valence-electron chi connectivity index (χ3n) is 5.59. The zero-order valence-corrected chi connectivity index (χ0v) is 18.2. The van der Waals surface area contributed by atoms with Gasteiger partial charge in [-0.05, 0) is 6.07 Å². The van der Waals surface area contributed by atoms with Crippen LogP contribution in [0.1, 0.15) is 0 Å². The van der Waals surface area contributed by atoms with Gasteiger partial charge in [0.1, 0.15) is 0 Å². The molecule has 0 N–H and O–H groups in total. The molecule has 0 saturated heterocycles. The first-order chi connectivity index (χ1) is 16.8. The zero-order valence-electron chi connectivity index (χ0n) is 18.2. The van der Waals surface area contributed by atoms with E-state index in [-0.39, 0.29) is 0 Å². The molecule has 0 aliphatic carbocycles. The summed E-state index contributed by atoms with van der Waals surface area (Å²) in [6.45, 7) is 0. The Morgan fingerprint density at radius 1 is 0.353 bits per heavy atom. The van der Waals surface area contributed by atoms with Crippen molar-refractivity contribution in [2.45, 2.75) is 0 Å². The maximum absolute atomic E-state index is 4.79. The molecule has 160 valence electrons. The van der Waals surface area contributed by atoms with Gasteiger partial charge in [0.2, 0.25) is 0 Å². The van der Waals surface area contributed by atoms with Gasteiger partial charge in [-0.1, -0.05) is 103 Å². The maximum Gasteiger partial charge on any atom is 0.164 e.